The predicted molar refractivity (Wildman–Crippen MR) is 93.3 cm³/mol. The maximum atomic E-state index is 12.2. The molecular formula is C17H15BrN2O5. The molecule has 25 heavy (non-hydrogen) atoms. The van der Waals surface area contributed by atoms with Crippen molar-refractivity contribution in [3.05, 3.63) is 64.5 Å². The zero-order valence-corrected chi connectivity index (χ0v) is 14.8. The molecule has 3 amide bonds. The highest BCUT2D eigenvalue weighted by Crippen LogP contribution is 2.19. The number of carbonyl (C=O) groups excluding carboxylic acids is 3. The average molecular weight is 407 g/mol. The molecule has 2 rings (SSSR count). The molecule has 7 nitrogen and oxygen atoms in total. The van der Waals surface area contributed by atoms with Crippen molar-refractivity contribution in [2.24, 2.45) is 0 Å². The van der Waals surface area contributed by atoms with Crippen LogP contribution in [-0.4, -0.2) is 25.0 Å². The number of ether oxygens (including phenoxy) is 1. The first-order chi connectivity index (χ1) is 12.0. The second-order valence-electron chi connectivity index (χ2n) is 4.77. The Morgan fingerprint density at radius 1 is 1.16 bits per heavy atom. The number of hydrogen-bond acceptors (Lipinski definition) is 5. The van der Waals surface area contributed by atoms with Gasteiger partial charge in [0.25, 0.3) is 5.91 Å². The lowest BCUT2D eigenvalue weighted by molar-refractivity contribution is -0.151. The lowest BCUT2D eigenvalue weighted by Crippen LogP contribution is -2.41. The van der Waals surface area contributed by atoms with Crippen molar-refractivity contribution >= 4 is 39.9 Å². The molecule has 0 spiro atoms. The van der Waals surface area contributed by atoms with E-state index in [1.807, 2.05) is 0 Å². The Kier molecular flexibility index (Phi) is 6.53. The molecule has 0 aliphatic heterocycles. The zero-order chi connectivity index (χ0) is 18.2. The minimum Gasteiger partial charge on any atom is -0.450 e. The Balaban J connectivity index is 2.12. The van der Waals surface area contributed by atoms with Crippen molar-refractivity contribution in [1.82, 2.24) is 10.6 Å². The van der Waals surface area contributed by atoms with Gasteiger partial charge in [0, 0.05) is 18.7 Å². The van der Waals surface area contributed by atoms with Gasteiger partial charge in [-0.15, -0.1) is 0 Å². The largest absolute Gasteiger partial charge is 0.450 e. The van der Waals surface area contributed by atoms with Gasteiger partial charge in [-0.1, -0.05) is 30.3 Å². The number of furan rings is 1. The summed E-state index contributed by atoms with van der Waals surface area (Å²) in [5.74, 6) is -1.07. The molecule has 1 heterocycles. The number of benzene rings is 1. The molecule has 1 atom stereocenters. The highest BCUT2D eigenvalue weighted by molar-refractivity contribution is 9.10. The predicted octanol–water partition coefficient (Wildman–Crippen LogP) is 2.80. The first-order valence-corrected chi connectivity index (χ1v) is 8.00. The highest BCUT2D eigenvalue weighted by atomic mass is 79.9. The van der Waals surface area contributed by atoms with Crippen LogP contribution in [0.3, 0.4) is 0 Å². The van der Waals surface area contributed by atoms with Crippen LogP contribution in [0.15, 0.2) is 57.6 Å². The molecule has 2 aromatic rings. The molecule has 0 bridgehead atoms. The molecular weight excluding hydrogens is 392 g/mol. The van der Waals surface area contributed by atoms with E-state index in [1.54, 1.807) is 42.5 Å². The minimum absolute atomic E-state index is 0.436. The number of nitrogens with one attached hydrogen (secondary N) is 2. The lowest BCUT2D eigenvalue weighted by atomic mass is 10.1. The Labute approximate surface area is 152 Å². The number of imide groups is 1. The van der Waals surface area contributed by atoms with Crippen molar-refractivity contribution in [3.8, 4) is 0 Å². The quantitative estimate of drug-likeness (QED) is 0.587. The third-order valence-electron chi connectivity index (χ3n) is 3.02. The van der Waals surface area contributed by atoms with E-state index in [4.69, 9.17) is 9.15 Å². The number of amides is 3. The molecule has 0 unspecified atom stereocenters. The smallest absolute Gasteiger partial charge is 0.332 e. The second-order valence-corrected chi connectivity index (χ2v) is 5.55. The number of rotatable bonds is 5. The molecule has 0 aliphatic rings. The van der Waals surface area contributed by atoms with Gasteiger partial charge in [0.1, 0.15) is 5.76 Å². The molecule has 1 aromatic heterocycles. The van der Waals surface area contributed by atoms with E-state index in [9.17, 15) is 14.4 Å². The van der Waals surface area contributed by atoms with Gasteiger partial charge in [-0.25, -0.2) is 9.59 Å². The van der Waals surface area contributed by atoms with Crippen molar-refractivity contribution < 1.29 is 23.5 Å². The Morgan fingerprint density at radius 3 is 2.48 bits per heavy atom. The van der Waals surface area contributed by atoms with Crippen molar-refractivity contribution in [3.63, 3.8) is 0 Å². The van der Waals surface area contributed by atoms with Crippen molar-refractivity contribution in [2.75, 3.05) is 7.05 Å². The minimum atomic E-state index is -1.26. The number of halogens is 1. The third kappa shape index (κ3) is 5.61. The summed E-state index contributed by atoms with van der Waals surface area (Å²) >= 11 is 3.15. The molecule has 8 heteroatoms. The normalized spacial score (nSPS) is 11.8. The molecule has 0 fully saturated rings. The SMILES string of the molecule is CNC(=O)NC(=O)[C@H](OC(=O)/C=C/c1ccc(Br)o1)c1ccccc1. The summed E-state index contributed by atoms with van der Waals surface area (Å²) < 4.78 is 11.0. The lowest BCUT2D eigenvalue weighted by Gasteiger charge is -2.16. The third-order valence-corrected chi connectivity index (χ3v) is 3.44. The Morgan fingerprint density at radius 2 is 1.88 bits per heavy atom. The Bertz CT molecular complexity index is 785. The van der Waals surface area contributed by atoms with Crippen LogP contribution < -0.4 is 10.6 Å². The van der Waals surface area contributed by atoms with Crippen LogP contribution in [-0.2, 0) is 14.3 Å². The molecule has 0 saturated heterocycles. The van der Waals surface area contributed by atoms with Crippen LogP contribution in [0.1, 0.15) is 17.4 Å². The monoisotopic (exact) mass is 406 g/mol. The molecule has 1 aromatic carbocycles. The average Bonchev–Trinajstić information content (AvgIpc) is 3.03. The number of esters is 1. The van der Waals surface area contributed by atoms with E-state index in [-0.39, 0.29) is 0 Å². The van der Waals surface area contributed by atoms with E-state index < -0.39 is 24.0 Å². The number of hydrogen-bond donors (Lipinski definition) is 2. The van der Waals surface area contributed by atoms with Crippen LogP contribution in [0.25, 0.3) is 6.08 Å². The fourth-order valence-electron chi connectivity index (χ4n) is 1.86. The maximum Gasteiger partial charge on any atom is 0.332 e. The van der Waals surface area contributed by atoms with Gasteiger partial charge in [-0.2, -0.15) is 0 Å². The van der Waals surface area contributed by atoms with Gasteiger partial charge in [0.05, 0.1) is 0 Å². The molecule has 2 N–H and O–H groups in total. The van der Waals surface area contributed by atoms with E-state index in [1.165, 1.54) is 13.1 Å². The second kappa shape index (κ2) is 8.84. The molecule has 0 radical (unpaired) electrons. The fraction of sp³-hybridized carbons (Fsp3) is 0.118. The first-order valence-electron chi connectivity index (χ1n) is 7.21. The molecule has 0 saturated carbocycles. The molecule has 130 valence electrons. The summed E-state index contributed by atoms with van der Waals surface area (Å²) in [5, 5.41) is 4.36. The summed E-state index contributed by atoms with van der Waals surface area (Å²) in [6.07, 6.45) is 1.28. The fourth-order valence-corrected chi connectivity index (χ4v) is 2.18. The van der Waals surface area contributed by atoms with Gasteiger partial charge < -0.3 is 14.5 Å². The maximum absolute atomic E-state index is 12.2. The van der Waals surface area contributed by atoms with Crippen LogP contribution in [0, 0.1) is 0 Å². The van der Waals surface area contributed by atoms with Crippen molar-refractivity contribution in [2.45, 2.75) is 6.10 Å². The summed E-state index contributed by atoms with van der Waals surface area (Å²) in [5.41, 5.74) is 0.436. The Hall–Kier alpha value is -2.87. The van der Waals surface area contributed by atoms with E-state index >= 15 is 0 Å². The van der Waals surface area contributed by atoms with Crippen LogP contribution in [0.5, 0.6) is 0 Å². The molecule has 0 aliphatic carbocycles. The number of urea groups is 1. The van der Waals surface area contributed by atoms with Crippen molar-refractivity contribution in [1.29, 1.82) is 0 Å². The van der Waals surface area contributed by atoms with E-state index in [0.29, 0.717) is 16.0 Å². The van der Waals surface area contributed by atoms with Crippen LogP contribution >= 0.6 is 15.9 Å². The summed E-state index contributed by atoms with van der Waals surface area (Å²) in [6, 6.07) is 11.0. The topological polar surface area (TPSA) is 97.6 Å². The van der Waals surface area contributed by atoms with Gasteiger partial charge >= 0.3 is 12.0 Å². The van der Waals surface area contributed by atoms with Crippen LogP contribution in [0.4, 0.5) is 4.79 Å². The van der Waals surface area contributed by atoms with Gasteiger partial charge in [-0.05, 0) is 34.1 Å². The van der Waals surface area contributed by atoms with Gasteiger partial charge in [-0.3, -0.25) is 10.1 Å². The number of carbonyl (C=O) groups is 3. The summed E-state index contributed by atoms with van der Waals surface area (Å²) in [4.78, 5) is 35.6. The summed E-state index contributed by atoms with van der Waals surface area (Å²) in [7, 11) is 1.37. The summed E-state index contributed by atoms with van der Waals surface area (Å²) in [6.45, 7) is 0. The van der Waals surface area contributed by atoms with E-state index in [2.05, 4.69) is 26.6 Å². The van der Waals surface area contributed by atoms with Gasteiger partial charge in [0.2, 0.25) is 6.10 Å². The zero-order valence-electron chi connectivity index (χ0n) is 13.2. The standard InChI is InChI=1S/C17H15BrN2O5/c1-19-17(23)20-16(22)15(11-5-3-2-4-6-11)25-14(21)10-8-12-7-9-13(18)24-12/h2-10,15H,1H3,(H2,19,20,22,23)/b10-8+/t15-/m1/s1. The highest BCUT2D eigenvalue weighted by Gasteiger charge is 2.25. The van der Waals surface area contributed by atoms with Gasteiger partial charge in [0.15, 0.2) is 4.67 Å². The van der Waals surface area contributed by atoms with Crippen LogP contribution in [0.2, 0.25) is 0 Å². The van der Waals surface area contributed by atoms with E-state index in [0.717, 1.165) is 6.08 Å². The first kappa shape index (κ1) is 18.5.